The second-order valence-electron chi connectivity index (χ2n) is 7.69. The van der Waals surface area contributed by atoms with Gasteiger partial charge in [-0.05, 0) is 49.9 Å². The predicted octanol–water partition coefficient (Wildman–Crippen LogP) is 3.97. The van der Waals surface area contributed by atoms with E-state index < -0.39 is 0 Å². The van der Waals surface area contributed by atoms with Crippen LogP contribution in [0.5, 0.6) is 11.5 Å². The van der Waals surface area contributed by atoms with Gasteiger partial charge in [0.05, 0.1) is 24.8 Å². The van der Waals surface area contributed by atoms with Crippen molar-refractivity contribution in [1.82, 2.24) is 14.9 Å². The lowest BCUT2D eigenvalue weighted by molar-refractivity contribution is -0.122. The summed E-state index contributed by atoms with van der Waals surface area (Å²) >= 11 is 0. The average molecular weight is 408 g/mol. The Hall–Kier alpha value is -3.02. The number of para-hydroxylation sites is 4. The zero-order chi connectivity index (χ0) is 20.8. The van der Waals surface area contributed by atoms with Crippen molar-refractivity contribution in [2.24, 2.45) is 5.92 Å². The van der Waals surface area contributed by atoms with Gasteiger partial charge in [0.2, 0.25) is 5.91 Å². The number of nitrogens with zero attached hydrogens (tertiary/aromatic N) is 2. The number of imidazole rings is 1. The number of aryl methyl sites for hydroxylation is 2. The summed E-state index contributed by atoms with van der Waals surface area (Å²) in [6, 6.07) is 15.9. The van der Waals surface area contributed by atoms with Crippen molar-refractivity contribution in [2.45, 2.75) is 38.6 Å². The fourth-order valence-electron chi connectivity index (χ4n) is 3.66. The van der Waals surface area contributed by atoms with Gasteiger partial charge in [0, 0.05) is 25.4 Å². The van der Waals surface area contributed by atoms with Gasteiger partial charge in [-0.15, -0.1) is 0 Å². The number of carbonyl (C=O) groups excluding carboxylic acids is 1. The number of methoxy groups -OCH3 is 1. The van der Waals surface area contributed by atoms with Crippen molar-refractivity contribution >= 4 is 16.9 Å². The van der Waals surface area contributed by atoms with Gasteiger partial charge in [-0.25, -0.2) is 4.98 Å². The first-order valence-corrected chi connectivity index (χ1v) is 10.7. The molecule has 0 aliphatic heterocycles. The zero-order valence-electron chi connectivity index (χ0n) is 17.5. The lowest BCUT2D eigenvalue weighted by atomic mass is 10.2. The number of aromatic nitrogens is 2. The molecule has 0 radical (unpaired) electrons. The van der Waals surface area contributed by atoms with E-state index in [0.29, 0.717) is 13.2 Å². The van der Waals surface area contributed by atoms with Crippen LogP contribution in [0.2, 0.25) is 0 Å². The lowest BCUT2D eigenvalue weighted by Crippen LogP contribution is -2.26. The molecule has 0 spiro atoms. The van der Waals surface area contributed by atoms with E-state index in [2.05, 4.69) is 22.0 Å². The Bertz CT molecular complexity index is 994. The molecule has 3 aromatic rings. The van der Waals surface area contributed by atoms with Gasteiger partial charge in [-0.3, -0.25) is 4.79 Å². The maximum Gasteiger partial charge on any atom is 0.223 e. The first-order valence-electron chi connectivity index (χ1n) is 10.7. The van der Waals surface area contributed by atoms with Crippen LogP contribution in [0.1, 0.15) is 31.5 Å². The summed E-state index contributed by atoms with van der Waals surface area (Å²) in [4.78, 5) is 16.6. The Labute approximate surface area is 177 Å². The highest BCUT2D eigenvalue weighted by atomic mass is 16.5. The third-order valence-corrected chi connectivity index (χ3v) is 5.41. The Morgan fingerprint density at radius 2 is 1.87 bits per heavy atom. The van der Waals surface area contributed by atoms with Crippen LogP contribution in [0.25, 0.3) is 11.0 Å². The molecule has 1 N–H and O–H groups in total. The minimum Gasteiger partial charge on any atom is -0.493 e. The van der Waals surface area contributed by atoms with Crippen LogP contribution in [0, 0.1) is 5.92 Å². The van der Waals surface area contributed by atoms with Crippen molar-refractivity contribution in [1.29, 1.82) is 0 Å². The molecule has 30 heavy (non-hydrogen) atoms. The number of benzene rings is 2. The van der Waals surface area contributed by atoms with Crippen molar-refractivity contribution in [2.75, 3.05) is 20.3 Å². The summed E-state index contributed by atoms with van der Waals surface area (Å²) in [5, 5.41) is 3.04. The Morgan fingerprint density at radius 1 is 1.10 bits per heavy atom. The van der Waals surface area contributed by atoms with Crippen LogP contribution in [0.15, 0.2) is 48.5 Å². The van der Waals surface area contributed by atoms with Crippen LogP contribution >= 0.6 is 0 Å². The van der Waals surface area contributed by atoms with Gasteiger partial charge in [0.1, 0.15) is 5.82 Å². The van der Waals surface area contributed by atoms with E-state index >= 15 is 0 Å². The van der Waals surface area contributed by atoms with Crippen LogP contribution in [0.4, 0.5) is 0 Å². The van der Waals surface area contributed by atoms with E-state index in [9.17, 15) is 4.79 Å². The van der Waals surface area contributed by atoms with E-state index in [-0.39, 0.29) is 11.8 Å². The van der Waals surface area contributed by atoms with Gasteiger partial charge in [-0.2, -0.15) is 0 Å². The minimum absolute atomic E-state index is 0.206. The van der Waals surface area contributed by atoms with Gasteiger partial charge < -0.3 is 19.4 Å². The van der Waals surface area contributed by atoms with Crippen LogP contribution in [0.3, 0.4) is 0 Å². The van der Waals surface area contributed by atoms with Gasteiger partial charge in [-0.1, -0.05) is 24.3 Å². The van der Waals surface area contributed by atoms with E-state index in [1.807, 2.05) is 36.4 Å². The average Bonchev–Trinajstić information content (AvgIpc) is 3.57. The number of fused-ring (bicyclic) bond motifs is 1. The predicted molar refractivity (Wildman–Crippen MR) is 117 cm³/mol. The highest BCUT2D eigenvalue weighted by Crippen LogP contribution is 2.28. The van der Waals surface area contributed by atoms with Crippen molar-refractivity contribution < 1.29 is 14.3 Å². The molecule has 1 aromatic heterocycles. The molecule has 2 aromatic carbocycles. The molecule has 1 amide bonds. The summed E-state index contributed by atoms with van der Waals surface area (Å²) in [5.41, 5.74) is 2.16. The number of hydrogen-bond donors (Lipinski definition) is 1. The third-order valence-electron chi connectivity index (χ3n) is 5.41. The SMILES string of the molecule is COc1ccccc1OCCCn1c(CCCNC(=O)C2CC2)nc2ccccc21. The number of nitrogens with one attached hydrogen (secondary N) is 1. The molecular weight excluding hydrogens is 378 g/mol. The molecular formula is C24H29N3O3. The molecule has 0 saturated heterocycles. The largest absolute Gasteiger partial charge is 0.493 e. The molecule has 158 valence electrons. The van der Waals surface area contributed by atoms with Gasteiger partial charge in [0.25, 0.3) is 0 Å². The first kappa shape index (κ1) is 20.3. The normalized spacial score (nSPS) is 13.4. The third kappa shape index (κ3) is 4.93. The number of rotatable bonds is 11. The summed E-state index contributed by atoms with van der Waals surface area (Å²) in [6.07, 6.45) is 4.67. The van der Waals surface area contributed by atoms with E-state index in [0.717, 1.165) is 67.0 Å². The van der Waals surface area contributed by atoms with Crippen molar-refractivity contribution in [3.8, 4) is 11.5 Å². The van der Waals surface area contributed by atoms with E-state index in [4.69, 9.17) is 14.5 Å². The smallest absolute Gasteiger partial charge is 0.223 e. The molecule has 6 heteroatoms. The number of ether oxygens (including phenoxy) is 2. The van der Waals surface area contributed by atoms with Gasteiger partial charge in [0.15, 0.2) is 11.5 Å². The van der Waals surface area contributed by atoms with Crippen LogP contribution in [-0.2, 0) is 17.8 Å². The van der Waals surface area contributed by atoms with E-state index in [1.54, 1.807) is 7.11 Å². The number of hydrogen-bond acceptors (Lipinski definition) is 4. The van der Waals surface area contributed by atoms with Crippen LogP contribution in [-0.4, -0.2) is 35.7 Å². The highest BCUT2D eigenvalue weighted by molar-refractivity contribution is 5.80. The summed E-state index contributed by atoms with van der Waals surface area (Å²) in [6.45, 7) is 2.14. The Morgan fingerprint density at radius 3 is 2.67 bits per heavy atom. The number of amides is 1. The molecule has 1 aliphatic carbocycles. The first-order chi connectivity index (χ1) is 14.8. The summed E-state index contributed by atoms with van der Waals surface area (Å²) in [7, 11) is 1.65. The maximum atomic E-state index is 11.8. The molecule has 6 nitrogen and oxygen atoms in total. The zero-order valence-corrected chi connectivity index (χ0v) is 17.5. The molecule has 0 unspecified atom stereocenters. The molecule has 1 aliphatic rings. The Kier molecular flexibility index (Phi) is 6.52. The molecule has 0 bridgehead atoms. The van der Waals surface area contributed by atoms with Gasteiger partial charge >= 0.3 is 0 Å². The monoisotopic (exact) mass is 407 g/mol. The molecule has 1 heterocycles. The number of carbonyl (C=O) groups is 1. The van der Waals surface area contributed by atoms with Crippen molar-refractivity contribution in [3.63, 3.8) is 0 Å². The van der Waals surface area contributed by atoms with Crippen molar-refractivity contribution in [3.05, 3.63) is 54.4 Å². The fourth-order valence-corrected chi connectivity index (χ4v) is 3.66. The molecule has 1 saturated carbocycles. The molecule has 0 atom stereocenters. The highest BCUT2D eigenvalue weighted by Gasteiger charge is 2.29. The lowest BCUT2D eigenvalue weighted by Gasteiger charge is -2.12. The quantitative estimate of drug-likeness (QED) is 0.489. The molecule has 4 rings (SSSR count). The molecule has 1 fully saturated rings. The van der Waals surface area contributed by atoms with Crippen LogP contribution < -0.4 is 14.8 Å². The summed E-state index contributed by atoms with van der Waals surface area (Å²) < 4.78 is 13.6. The maximum absolute atomic E-state index is 11.8. The second-order valence-corrected chi connectivity index (χ2v) is 7.69. The fraction of sp³-hybridized carbons (Fsp3) is 0.417. The Balaban J connectivity index is 1.34. The topological polar surface area (TPSA) is 65.4 Å². The van der Waals surface area contributed by atoms with E-state index in [1.165, 1.54) is 0 Å². The summed E-state index contributed by atoms with van der Waals surface area (Å²) in [5.74, 6) is 3.05. The minimum atomic E-state index is 0.206. The second kappa shape index (κ2) is 9.65. The standard InChI is InChI=1S/C24H29N3O3/c1-29-21-10-4-5-11-22(21)30-17-7-16-27-20-9-3-2-8-19(20)26-23(27)12-6-15-25-24(28)18-13-14-18/h2-5,8-11,18H,6-7,12-17H2,1H3,(H,25,28).